The van der Waals surface area contributed by atoms with E-state index in [9.17, 15) is 13.2 Å². The van der Waals surface area contributed by atoms with Crippen molar-refractivity contribution in [3.8, 4) is 0 Å². The summed E-state index contributed by atoms with van der Waals surface area (Å²) in [5.74, 6) is 0. The van der Waals surface area contributed by atoms with Crippen molar-refractivity contribution in [1.29, 1.82) is 0 Å². The van der Waals surface area contributed by atoms with E-state index in [-0.39, 0.29) is 15.6 Å². The first-order chi connectivity index (χ1) is 5.84. The fourth-order valence-electron chi connectivity index (χ4n) is 0.812. The Balaban J connectivity index is 3.35. The molecule has 0 aliphatic rings. The van der Waals surface area contributed by atoms with Crippen LogP contribution in [0.25, 0.3) is 0 Å². The van der Waals surface area contributed by atoms with Crippen molar-refractivity contribution in [2.75, 3.05) is 5.73 Å². The summed E-state index contributed by atoms with van der Waals surface area (Å²) < 4.78 is 36.6. The van der Waals surface area contributed by atoms with E-state index < -0.39 is 11.7 Å². The first-order valence-corrected chi connectivity index (χ1v) is 4.00. The molecule has 0 fully saturated rings. The molecule has 0 spiro atoms. The third-order valence-corrected chi connectivity index (χ3v) is 2.28. The zero-order valence-electron chi connectivity index (χ0n) is 6.19. The quantitative estimate of drug-likeness (QED) is 0.517. The van der Waals surface area contributed by atoms with Crippen LogP contribution in [0.1, 0.15) is 5.56 Å². The topological polar surface area (TPSA) is 26.0 Å². The molecule has 6 heteroatoms. The number of nitrogen functional groups attached to an aromatic ring is 1. The highest BCUT2D eigenvalue weighted by molar-refractivity contribution is 7.80. The number of anilines is 1. The van der Waals surface area contributed by atoms with Gasteiger partial charge in [0.25, 0.3) is 0 Å². The maximum Gasteiger partial charge on any atom is 0.417 e. The van der Waals surface area contributed by atoms with Gasteiger partial charge in [-0.15, -0.1) is 12.6 Å². The smallest absolute Gasteiger partial charge is 0.397 e. The lowest BCUT2D eigenvalue weighted by Crippen LogP contribution is -2.07. The van der Waals surface area contributed by atoms with E-state index in [1.807, 2.05) is 0 Å². The number of thiol groups is 1. The highest BCUT2D eigenvalue weighted by atomic mass is 35.5. The number of rotatable bonds is 0. The third-order valence-electron chi connectivity index (χ3n) is 1.47. The van der Waals surface area contributed by atoms with Crippen LogP contribution in [0.5, 0.6) is 0 Å². The summed E-state index contributed by atoms with van der Waals surface area (Å²) >= 11 is 9.14. The predicted octanol–water partition coefficient (Wildman–Crippen LogP) is 3.23. The summed E-state index contributed by atoms with van der Waals surface area (Å²) in [5, 5.41) is 0.0676. The lowest BCUT2D eigenvalue weighted by Gasteiger charge is -2.11. The van der Waals surface area contributed by atoms with Gasteiger partial charge >= 0.3 is 6.18 Å². The molecule has 0 aliphatic carbocycles. The molecule has 2 N–H and O–H groups in total. The molecule has 0 aromatic heterocycles. The maximum absolute atomic E-state index is 12.2. The number of nitrogens with two attached hydrogens (primary N) is 1. The van der Waals surface area contributed by atoms with Crippen LogP contribution in [0.15, 0.2) is 17.0 Å². The molecule has 0 amide bonds. The lowest BCUT2D eigenvalue weighted by atomic mass is 10.2. The van der Waals surface area contributed by atoms with Crippen LogP contribution in [-0.2, 0) is 6.18 Å². The second-order valence-corrected chi connectivity index (χ2v) is 3.21. The van der Waals surface area contributed by atoms with Crippen molar-refractivity contribution in [3.05, 3.63) is 22.7 Å². The SMILES string of the molecule is Nc1c(Cl)ccc(C(F)(F)F)c1S. The molecule has 1 nitrogen and oxygen atoms in total. The van der Waals surface area contributed by atoms with Gasteiger partial charge in [0.2, 0.25) is 0 Å². The zero-order chi connectivity index (χ0) is 10.2. The summed E-state index contributed by atoms with van der Waals surface area (Å²) in [6.07, 6.45) is -4.45. The van der Waals surface area contributed by atoms with Crippen LogP contribution in [0.2, 0.25) is 5.02 Å². The number of benzene rings is 1. The average molecular weight is 228 g/mol. The molecule has 0 saturated carbocycles. The third kappa shape index (κ3) is 2.03. The van der Waals surface area contributed by atoms with Gasteiger partial charge in [0, 0.05) is 4.90 Å². The first kappa shape index (κ1) is 10.5. The molecular weight excluding hydrogens is 223 g/mol. The van der Waals surface area contributed by atoms with Crippen LogP contribution in [0.3, 0.4) is 0 Å². The van der Waals surface area contributed by atoms with Crippen molar-refractivity contribution in [2.45, 2.75) is 11.1 Å². The fraction of sp³-hybridized carbons (Fsp3) is 0.143. The monoisotopic (exact) mass is 227 g/mol. The summed E-state index contributed by atoms with van der Waals surface area (Å²) in [6, 6.07) is 1.94. The van der Waals surface area contributed by atoms with E-state index in [1.54, 1.807) is 0 Å². The van der Waals surface area contributed by atoms with Crippen LogP contribution in [0.4, 0.5) is 18.9 Å². The van der Waals surface area contributed by atoms with Crippen molar-refractivity contribution in [1.82, 2.24) is 0 Å². The van der Waals surface area contributed by atoms with Crippen molar-refractivity contribution in [3.63, 3.8) is 0 Å². The molecular formula is C7H5ClF3NS. The molecule has 1 rings (SSSR count). The van der Waals surface area contributed by atoms with Gasteiger partial charge in [0.05, 0.1) is 16.3 Å². The Hall–Kier alpha value is -0.550. The van der Waals surface area contributed by atoms with Crippen LogP contribution >= 0.6 is 24.2 Å². The van der Waals surface area contributed by atoms with E-state index in [2.05, 4.69) is 12.6 Å². The Bertz CT molecular complexity index is 337. The highest BCUT2D eigenvalue weighted by Crippen LogP contribution is 2.38. The predicted molar refractivity (Wildman–Crippen MR) is 48.1 cm³/mol. The summed E-state index contributed by atoms with van der Waals surface area (Å²) in [6.45, 7) is 0. The molecule has 0 radical (unpaired) electrons. The molecule has 0 aliphatic heterocycles. The molecule has 13 heavy (non-hydrogen) atoms. The van der Waals surface area contributed by atoms with Gasteiger partial charge < -0.3 is 5.73 Å². The van der Waals surface area contributed by atoms with E-state index in [0.29, 0.717) is 0 Å². The van der Waals surface area contributed by atoms with Crippen LogP contribution in [-0.4, -0.2) is 0 Å². The molecule has 0 atom stereocenters. The van der Waals surface area contributed by atoms with Gasteiger partial charge in [0.15, 0.2) is 0 Å². The molecule has 1 aromatic rings. The Morgan fingerprint density at radius 1 is 1.31 bits per heavy atom. The van der Waals surface area contributed by atoms with E-state index in [0.717, 1.165) is 12.1 Å². The Morgan fingerprint density at radius 3 is 2.31 bits per heavy atom. The number of hydrogen-bond donors (Lipinski definition) is 2. The van der Waals surface area contributed by atoms with Gasteiger partial charge in [-0.1, -0.05) is 11.6 Å². The molecule has 72 valence electrons. The summed E-state index contributed by atoms with van der Waals surface area (Å²) in [4.78, 5) is -0.333. The van der Waals surface area contributed by atoms with Gasteiger partial charge in [-0.05, 0) is 12.1 Å². The largest absolute Gasteiger partial charge is 0.417 e. The van der Waals surface area contributed by atoms with Crippen LogP contribution in [0, 0.1) is 0 Å². The standard InChI is InChI=1S/C7H5ClF3NS/c8-4-2-1-3(7(9,10)11)6(13)5(4)12/h1-2,13H,12H2. The van der Waals surface area contributed by atoms with E-state index in [1.165, 1.54) is 0 Å². The molecule has 0 bridgehead atoms. The molecule has 0 saturated heterocycles. The Kier molecular flexibility index (Phi) is 2.68. The van der Waals surface area contributed by atoms with Gasteiger partial charge in [-0.2, -0.15) is 13.2 Å². The van der Waals surface area contributed by atoms with E-state index >= 15 is 0 Å². The molecule has 1 aromatic carbocycles. The van der Waals surface area contributed by atoms with Gasteiger partial charge in [-0.25, -0.2) is 0 Å². The Labute approximate surface area is 83.1 Å². The Morgan fingerprint density at radius 2 is 1.85 bits per heavy atom. The van der Waals surface area contributed by atoms with Gasteiger partial charge in [-0.3, -0.25) is 0 Å². The molecule has 0 unspecified atom stereocenters. The number of hydrogen-bond acceptors (Lipinski definition) is 2. The minimum Gasteiger partial charge on any atom is -0.397 e. The second kappa shape index (κ2) is 3.31. The van der Waals surface area contributed by atoms with Gasteiger partial charge in [0.1, 0.15) is 0 Å². The second-order valence-electron chi connectivity index (χ2n) is 2.35. The average Bonchev–Trinajstić information content (AvgIpc) is 1.98. The highest BCUT2D eigenvalue weighted by Gasteiger charge is 2.33. The summed E-state index contributed by atoms with van der Waals surface area (Å²) in [5.41, 5.74) is 4.24. The minimum absolute atomic E-state index is 0.0676. The fourth-order valence-corrected chi connectivity index (χ4v) is 1.36. The first-order valence-electron chi connectivity index (χ1n) is 3.18. The van der Waals surface area contributed by atoms with Crippen molar-refractivity contribution < 1.29 is 13.2 Å². The summed E-state index contributed by atoms with van der Waals surface area (Å²) in [7, 11) is 0. The zero-order valence-corrected chi connectivity index (χ0v) is 7.84. The maximum atomic E-state index is 12.2. The number of alkyl halides is 3. The lowest BCUT2D eigenvalue weighted by molar-refractivity contribution is -0.139. The molecule has 0 heterocycles. The minimum atomic E-state index is -4.45. The van der Waals surface area contributed by atoms with Crippen LogP contribution < -0.4 is 5.73 Å². The van der Waals surface area contributed by atoms with Crippen molar-refractivity contribution in [2.24, 2.45) is 0 Å². The van der Waals surface area contributed by atoms with Crippen molar-refractivity contribution >= 4 is 29.9 Å². The normalized spacial score (nSPS) is 11.8. The number of halogens is 4. The van der Waals surface area contributed by atoms with E-state index in [4.69, 9.17) is 17.3 Å².